The fraction of sp³-hybridized carbons (Fsp3) is 0.917. The number of carbonyl (C=O) groups is 1. The fourth-order valence-electron chi connectivity index (χ4n) is 2.28. The van der Waals surface area contributed by atoms with Gasteiger partial charge in [-0.2, -0.15) is 17.4 Å². The molecule has 118 valence electrons. The summed E-state index contributed by atoms with van der Waals surface area (Å²) in [5.41, 5.74) is -0.719. The van der Waals surface area contributed by atoms with Gasteiger partial charge in [-0.1, -0.05) is 6.92 Å². The SMILES string of the molecule is CCC(C)(CCO)NS(=O)(=O)N1CCCC(C(=O)O)C1. The van der Waals surface area contributed by atoms with Crippen LogP contribution < -0.4 is 4.72 Å². The number of aliphatic hydroxyl groups is 1. The number of aliphatic hydroxyl groups excluding tert-OH is 1. The first-order chi connectivity index (χ1) is 9.24. The van der Waals surface area contributed by atoms with Crippen LogP contribution in [0.15, 0.2) is 0 Å². The average molecular weight is 308 g/mol. The maximum Gasteiger partial charge on any atom is 0.307 e. The Morgan fingerprint density at radius 3 is 2.65 bits per heavy atom. The molecule has 0 bridgehead atoms. The molecule has 0 amide bonds. The first kappa shape index (κ1) is 17.4. The van der Waals surface area contributed by atoms with Gasteiger partial charge in [-0.3, -0.25) is 4.79 Å². The molecule has 0 aromatic heterocycles. The maximum absolute atomic E-state index is 12.3. The highest BCUT2D eigenvalue weighted by Crippen LogP contribution is 2.22. The van der Waals surface area contributed by atoms with Crippen molar-refractivity contribution in [1.29, 1.82) is 0 Å². The molecule has 20 heavy (non-hydrogen) atoms. The zero-order chi connectivity index (χ0) is 15.4. The highest BCUT2D eigenvalue weighted by Gasteiger charge is 2.36. The molecule has 0 spiro atoms. The van der Waals surface area contributed by atoms with E-state index < -0.39 is 27.6 Å². The van der Waals surface area contributed by atoms with Crippen molar-refractivity contribution in [3.63, 3.8) is 0 Å². The Balaban J connectivity index is 2.80. The number of nitrogens with zero attached hydrogens (tertiary/aromatic N) is 1. The molecule has 1 heterocycles. The van der Waals surface area contributed by atoms with Gasteiger partial charge in [0.25, 0.3) is 10.2 Å². The van der Waals surface area contributed by atoms with Crippen LogP contribution in [0.1, 0.15) is 39.5 Å². The number of carboxylic acid groups (broad SMARTS) is 1. The summed E-state index contributed by atoms with van der Waals surface area (Å²) in [4.78, 5) is 11.0. The molecule has 3 N–H and O–H groups in total. The van der Waals surface area contributed by atoms with E-state index in [-0.39, 0.29) is 13.2 Å². The molecule has 0 aliphatic carbocycles. The Labute approximate surface area is 120 Å². The lowest BCUT2D eigenvalue weighted by Gasteiger charge is -2.35. The van der Waals surface area contributed by atoms with Crippen molar-refractivity contribution >= 4 is 16.2 Å². The first-order valence-electron chi connectivity index (χ1n) is 6.87. The summed E-state index contributed by atoms with van der Waals surface area (Å²) in [5, 5.41) is 18.0. The third kappa shape index (κ3) is 4.41. The van der Waals surface area contributed by atoms with Gasteiger partial charge < -0.3 is 10.2 Å². The van der Waals surface area contributed by atoms with Gasteiger partial charge in [-0.15, -0.1) is 0 Å². The summed E-state index contributed by atoms with van der Waals surface area (Å²) in [6.45, 7) is 3.81. The molecular weight excluding hydrogens is 284 g/mol. The van der Waals surface area contributed by atoms with Crippen molar-refractivity contribution < 1.29 is 23.4 Å². The summed E-state index contributed by atoms with van der Waals surface area (Å²) in [7, 11) is -3.73. The molecule has 0 radical (unpaired) electrons. The number of hydrogen-bond donors (Lipinski definition) is 3. The van der Waals surface area contributed by atoms with E-state index in [9.17, 15) is 13.2 Å². The standard InChI is InChI=1S/C12H24N2O5S/c1-3-12(2,6-8-15)13-20(18,19)14-7-4-5-10(9-14)11(16)17/h10,13,15H,3-9H2,1-2H3,(H,16,17). The van der Waals surface area contributed by atoms with Crippen LogP contribution in [0.25, 0.3) is 0 Å². The number of rotatable bonds is 7. The molecule has 2 atom stereocenters. The number of piperidine rings is 1. The average Bonchev–Trinajstić information content (AvgIpc) is 2.38. The van der Waals surface area contributed by atoms with Crippen LogP contribution in [0.5, 0.6) is 0 Å². The molecule has 1 fully saturated rings. The molecule has 2 unspecified atom stereocenters. The van der Waals surface area contributed by atoms with Gasteiger partial charge in [0.15, 0.2) is 0 Å². The Morgan fingerprint density at radius 1 is 1.50 bits per heavy atom. The van der Waals surface area contributed by atoms with Gasteiger partial charge in [0.05, 0.1) is 5.92 Å². The Bertz CT molecular complexity index is 439. The highest BCUT2D eigenvalue weighted by molar-refractivity contribution is 7.87. The lowest BCUT2D eigenvalue weighted by molar-refractivity contribution is -0.142. The van der Waals surface area contributed by atoms with Crippen molar-refractivity contribution in [3.05, 3.63) is 0 Å². The minimum atomic E-state index is -3.73. The van der Waals surface area contributed by atoms with Gasteiger partial charge in [0, 0.05) is 25.2 Å². The Kier molecular flexibility index (Phi) is 5.93. The lowest BCUT2D eigenvalue weighted by atomic mass is 9.97. The van der Waals surface area contributed by atoms with Gasteiger partial charge in [0.1, 0.15) is 0 Å². The molecule has 0 aromatic rings. The zero-order valence-corrected chi connectivity index (χ0v) is 12.8. The van der Waals surface area contributed by atoms with E-state index in [1.165, 1.54) is 4.31 Å². The monoisotopic (exact) mass is 308 g/mol. The van der Waals surface area contributed by atoms with E-state index in [1.54, 1.807) is 6.92 Å². The van der Waals surface area contributed by atoms with Crippen LogP contribution in [0.3, 0.4) is 0 Å². The number of hydrogen-bond acceptors (Lipinski definition) is 4. The summed E-state index contributed by atoms with van der Waals surface area (Å²) < 4.78 is 28.5. The van der Waals surface area contributed by atoms with Crippen molar-refractivity contribution in [3.8, 4) is 0 Å². The van der Waals surface area contributed by atoms with Crippen molar-refractivity contribution in [1.82, 2.24) is 9.03 Å². The van der Waals surface area contributed by atoms with Crippen LogP contribution in [-0.4, -0.2) is 54.1 Å². The van der Waals surface area contributed by atoms with E-state index in [0.29, 0.717) is 32.2 Å². The van der Waals surface area contributed by atoms with Crippen LogP contribution in [0, 0.1) is 5.92 Å². The number of aliphatic carboxylic acids is 1. The minimum absolute atomic E-state index is 0.00356. The molecule has 1 aliphatic rings. The largest absolute Gasteiger partial charge is 0.481 e. The molecule has 7 nitrogen and oxygen atoms in total. The van der Waals surface area contributed by atoms with Gasteiger partial charge >= 0.3 is 5.97 Å². The first-order valence-corrected chi connectivity index (χ1v) is 8.31. The number of carboxylic acids is 1. The molecular formula is C12H24N2O5S. The van der Waals surface area contributed by atoms with Crippen molar-refractivity contribution in [2.24, 2.45) is 5.92 Å². The van der Waals surface area contributed by atoms with Gasteiger partial charge in [0.2, 0.25) is 0 Å². The van der Waals surface area contributed by atoms with Crippen LogP contribution in [0.2, 0.25) is 0 Å². The molecule has 0 aromatic carbocycles. The summed E-state index contributed by atoms with van der Waals surface area (Å²) >= 11 is 0. The summed E-state index contributed by atoms with van der Waals surface area (Å²) in [6, 6.07) is 0. The quantitative estimate of drug-likeness (QED) is 0.621. The lowest BCUT2D eigenvalue weighted by Crippen LogP contribution is -2.54. The normalized spacial score (nSPS) is 24.2. The smallest absolute Gasteiger partial charge is 0.307 e. The maximum atomic E-state index is 12.3. The van der Waals surface area contributed by atoms with Gasteiger partial charge in [-0.05, 0) is 32.6 Å². The fourth-order valence-corrected chi connectivity index (χ4v) is 4.03. The molecule has 1 aliphatic heterocycles. The predicted molar refractivity (Wildman–Crippen MR) is 74.4 cm³/mol. The van der Waals surface area contributed by atoms with E-state index in [0.717, 1.165) is 0 Å². The number of nitrogens with one attached hydrogen (secondary N) is 1. The second-order valence-electron chi connectivity index (χ2n) is 5.53. The highest BCUT2D eigenvalue weighted by atomic mass is 32.2. The third-order valence-electron chi connectivity index (χ3n) is 3.89. The molecule has 0 saturated carbocycles. The van der Waals surface area contributed by atoms with E-state index in [4.69, 9.17) is 10.2 Å². The second-order valence-corrected chi connectivity index (χ2v) is 7.20. The van der Waals surface area contributed by atoms with E-state index in [2.05, 4.69) is 4.72 Å². The van der Waals surface area contributed by atoms with Crippen LogP contribution in [-0.2, 0) is 15.0 Å². The molecule has 1 saturated heterocycles. The van der Waals surface area contributed by atoms with Crippen LogP contribution >= 0.6 is 0 Å². The van der Waals surface area contributed by atoms with E-state index in [1.807, 2.05) is 6.92 Å². The third-order valence-corrected chi connectivity index (χ3v) is 5.65. The molecule has 1 rings (SSSR count). The summed E-state index contributed by atoms with van der Waals surface area (Å²) in [6.07, 6.45) is 1.91. The molecule has 8 heteroatoms. The summed E-state index contributed by atoms with van der Waals surface area (Å²) in [5.74, 6) is -1.61. The van der Waals surface area contributed by atoms with E-state index >= 15 is 0 Å². The van der Waals surface area contributed by atoms with Crippen LogP contribution in [0.4, 0.5) is 0 Å². The Hall–Kier alpha value is -0.700. The van der Waals surface area contributed by atoms with Crippen molar-refractivity contribution in [2.75, 3.05) is 19.7 Å². The minimum Gasteiger partial charge on any atom is -0.481 e. The topological polar surface area (TPSA) is 107 Å². The zero-order valence-electron chi connectivity index (χ0n) is 12.0. The van der Waals surface area contributed by atoms with Gasteiger partial charge in [-0.25, -0.2) is 0 Å². The van der Waals surface area contributed by atoms with Crippen molar-refractivity contribution in [2.45, 2.75) is 45.1 Å². The Morgan fingerprint density at radius 2 is 2.15 bits per heavy atom. The predicted octanol–water partition coefficient (Wildman–Crippen LogP) is 0.169. The second kappa shape index (κ2) is 6.84.